The van der Waals surface area contributed by atoms with E-state index in [9.17, 15) is 5.11 Å². The molecule has 0 aliphatic carbocycles. The van der Waals surface area contributed by atoms with Crippen molar-refractivity contribution in [1.82, 2.24) is 4.90 Å². The SMILES string of the molecule is CN1CCCCC1CCOc1cccc(O)c1N. The van der Waals surface area contributed by atoms with E-state index in [4.69, 9.17) is 10.5 Å². The van der Waals surface area contributed by atoms with Crippen LogP contribution in [0.4, 0.5) is 5.69 Å². The van der Waals surface area contributed by atoms with Crippen LogP contribution in [0.5, 0.6) is 11.5 Å². The Morgan fingerprint density at radius 3 is 3.06 bits per heavy atom. The molecule has 0 bridgehead atoms. The van der Waals surface area contributed by atoms with E-state index in [1.807, 2.05) is 0 Å². The van der Waals surface area contributed by atoms with Crippen LogP contribution in [0.2, 0.25) is 0 Å². The second-order valence-electron chi connectivity index (χ2n) is 4.96. The number of aromatic hydroxyl groups is 1. The summed E-state index contributed by atoms with van der Waals surface area (Å²) in [6.07, 6.45) is 4.86. The first kappa shape index (κ1) is 13.0. The number of phenols is 1. The third-order valence-corrected chi connectivity index (χ3v) is 3.67. The van der Waals surface area contributed by atoms with Gasteiger partial charge in [0, 0.05) is 6.04 Å². The average Bonchev–Trinajstić information content (AvgIpc) is 2.37. The summed E-state index contributed by atoms with van der Waals surface area (Å²) in [6.45, 7) is 1.82. The Morgan fingerprint density at radius 1 is 1.44 bits per heavy atom. The van der Waals surface area contributed by atoms with Gasteiger partial charge in [-0.1, -0.05) is 12.5 Å². The molecule has 0 saturated carbocycles. The fourth-order valence-electron chi connectivity index (χ4n) is 2.47. The minimum Gasteiger partial charge on any atom is -0.506 e. The van der Waals surface area contributed by atoms with Crippen molar-refractivity contribution in [1.29, 1.82) is 0 Å². The predicted molar refractivity (Wildman–Crippen MR) is 72.9 cm³/mol. The topological polar surface area (TPSA) is 58.7 Å². The molecule has 1 heterocycles. The first-order valence-corrected chi connectivity index (χ1v) is 6.59. The molecule has 1 aromatic carbocycles. The van der Waals surface area contributed by atoms with Crippen LogP contribution >= 0.6 is 0 Å². The van der Waals surface area contributed by atoms with Gasteiger partial charge in [0.2, 0.25) is 0 Å². The van der Waals surface area contributed by atoms with Crippen molar-refractivity contribution < 1.29 is 9.84 Å². The Labute approximate surface area is 108 Å². The van der Waals surface area contributed by atoms with E-state index in [1.165, 1.54) is 25.8 Å². The lowest BCUT2D eigenvalue weighted by molar-refractivity contribution is 0.153. The minimum absolute atomic E-state index is 0.0854. The number of nitrogens with two attached hydrogens (primary N) is 1. The number of nitrogen functional groups attached to an aromatic ring is 1. The van der Waals surface area contributed by atoms with Crippen LogP contribution in [0.25, 0.3) is 0 Å². The highest BCUT2D eigenvalue weighted by Crippen LogP contribution is 2.30. The highest BCUT2D eigenvalue weighted by atomic mass is 16.5. The van der Waals surface area contributed by atoms with Crippen molar-refractivity contribution in [2.24, 2.45) is 0 Å². The maximum Gasteiger partial charge on any atom is 0.145 e. The maximum atomic E-state index is 9.48. The van der Waals surface area contributed by atoms with Crippen LogP contribution in [-0.4, -0.2) is 36.2 Å². The van der Waals surface area contributed by atoms with Crippen molar-refractivity contribution in [3.8, 4) is 11.5 Å². The van der Waals surface area contributed by atoms with E-state index in [2.05, 4.69) is 11.9 Å². The average molecular weight is 250 g/mol. The quantitative estimate of drug-likeness (QED) is 0.635. The molecular weight excluding hydrogens is 228 g/mol. The highest BCUT2D eigenvalue weighted by Gasteiger charge is 2.18. The Hall–Kier alpha value is -1.42. The number of phenolic OH excluding ortho intramolecular Hbond substituents is 1. The monoisotopic (exact) mass is 250 g/mol. The van der Waals surface area contributed by atoms with Gasteiger partial charge >= 0.3 is 0 Å². The van der Waals surface area contributed by atoms with E-state index in [1.54, 1.807) is 18.2 Å². The Bertz CT molecular complexity index is 395. The molecule has 4 heteroatoms. The third kappa shape index (κ3) is 3.07. The first-order valence-electron chi connectivity index (χ1n) is 6.59. The van der Waals surface area contributed by atoms with Crippen LogP contribution < -0.4 is 10.5 Å². The summed E-state index contributed by atoms with van der Waals surface area (Å²) in [5.41, 5.74) is 6.07. The highest BCUT2D eigenvalue weighted by molar-refractivity contribution is 5.61. The van der Waals surface area contributed by atoms with Gasteiger partial charge in [-0.3, -0.25) is 0 Å². The summed E-state index contributed by atoms with van der Waals surface area (Å²) in [4.78, 5) is 2.40. The van der Waals surface area contributed by atoms with Gasteiger partial charge in [-0.25, -0.2) is 0 Å². The lowest BCUT2D eigenvalue weighted by Crippen LogP contribution is -2.37. The molecule has 1 aliphatic rings. The Morgan fingerprint density at radius 2 is 2.28 bits per heavy atom. The van der Waals surface area contributed by atoms with Gasteiger partial charge in [-0.05, 0) is 45.0 Å². The van der Waals surface area contributed by atoms with Gasteiger partial charge in [-0.15, -0.1) is 0 Å². The minimum atomic E-state index is 0.0854. The zero-order valence-electron chi connectivity index (χ0n) is 10.9. The smallest absolute Gasteiger partial charge is 0.145 e. The van der Waals surface area contributed by atoms with Crippen molar-refractivity contribution >= 4 is 5.69 Å². The summed E-state index contributed by atoms with van der Waals surface area (Å²) >= 11 is 0. The third-order valence-electron chi connectivity index (χ3n) is 3.67. The van der Waals surface area contributed by atoms with Crippen molar-refractivity contribution in [3.05, 3.63) is 18.2 Å². The Balaban J connectivity index is 1.83. The summed E-state index contributed by atoms with van der Waals surface area (Å²) in [6, 6.07) is 5.71. The van der Waals surface area contributed by atoms with Crippen LogP contribution in [0, 0.1) is 0 Å². The number of piperidine rings is 1. The Kier molecular flexibility index (Phi) is 4.31. The molecule has 1 atom stereocenters. The van der Waals surface area contributed by atoms with E-state index >= 15 is 0 Å². The molecule has 0 aromatic heterocycles. The number of nitrogens with zero attached hydrogens (tertiary/aromatic N) is 1. The predicted octanol–water partition coefficient (Wildman–Crippen LogP) is 2.23. The number of likely N-dealkylation sites (tertiary alicyclic amines) is 1. The van der Waals surface area contributed by atoms with E-state index in [0.29, 0.717) is 24.1 Å². The molecule has 100 valence electrons. The van der Waals surface area contributed by atoms with Gasteiger partial charge in [0.1, 0.15) is 17.2 Å². The van der Waals surface area contributed by atoms with Crippen LogP contribution in [0.3, 0.4) is 0 Å². The van der Waals surface area contributed by atoms with Crippen LogP contribution in [0.1, 0.15) is 25.7 Å². The molecule has 18 heavy (non-hydrogen) atoms. The van der Waals surface area contributed by atoms with Crippen molar-refractivity contribution in [2.75, 3.05) is 25.9 Å². The number of para-hydroxylation sites is 1. The van der Waals surface area contributed by atoms with Gasteiger partial charge in [0.15, 0.2) is 0 Å². The summed E-state index contributed by atoms with van der Waals surface area (Å²) in [7, 11) is 2.17. The molecule has 1 saturated heterocycles. The van der Waals surface area contributed by atoms with Gasteiger partial charge in [0.05, 0.1) is 6.61 Å². The van der Waals surface area contributed by atoms with Crippen LogP contribution in [0.15, 0.2) is 18.2 Å². The molecule has 1 aromatic rings. The van der Waals surface area contributed by atoms with E-state index in [-0.39, 0.29) is 5.75 Å². The standard InChI is InChI=1S/C14H22N2O2/c1-16-9-3-2-5-11(16)8-10-18-13-7-4-6-12(17)14(13)15/h4,6-7,11,17H,2-3,5,8-10,15H2,1H3. The molecule has 0 spiro atoms. The van der Waals surface area contributed by atoms with E-state index in [0.717, 1.165) is 6.42 Å². The second kappa shape index (κ2) is 5.96. The van der Waals surface area contributed by atoms with Gasteiger partial charge in [0.25, 0.3) is 0 Å². The molecule has 1 aliphatic heterocycles. The van der Waals surface area contributed by atoms with Gasteiger partial charge < -0.3 is 20.5 Å². The lowest BCUT2D eigenvalue weighted by atomic mass is 10.0. The van der Waals surface area contributed by atoms with Crippen molar-refractivity contribution in [2.45, 2.75) is 31.7 Å². The normalized spacial score (nSPS) is 20.8. The molecule has 1 unspecified atom stereocenters. The number of ether oxygens (including phenoxy) is 1. The zero-order valence-corrected chi connectivity index (χ0v) is 10.9. The molecular formula is C14H22N2O2. The summed E-state index contributed by atoms with van der Waals surface area (Å²) in [5, 5.41) is 9.48. The summed E-state index contributed by atoms with van der Waals surface area (Å²) in [5.74, 6) is 0.663. The van der Waals surface area contributed by atoms with Crippen molar-refractivity contribution in [3.63, 3.8) is 0 Å². The second-order valence-corrected chi connectivity index (χ2v) is 4.96. The number of rotatable bonds is 4. The number of hydrogen-bond acceptors (Lipinski definition) is 4. The molecule has 3 N–H and O–H groups in total. The molecule has 1 fully saturated rings. The largest absolute Gasteiger partial charge is 0.506 e. The fraction of sp³-hybridized carbons (Fsp3) is 0.571. The van der Waals surface area contributed by atoms with Gasteiger partial charge in [-0.2, -0.15) is 0 Å². The fourth-order valence-corrected chi connectivity index (χ4v) is 2.47. The van der Waals surface area contributed by atoms with E-state index < -0.39 is 0 Å². The summed E-state index contributed by atoms with van der Waals surface area (Å²) < 4.78 is 5.66. The number of hydrogen-bond donors (Lipinski definition) is 2. The molecule has 0 amide bonds. The number of benzene rings is 1. The van der Waals surface area contributed by atoms with Crippen LogP contribution in [-0.2, 0) is 0 Å². The maximum absolute atomic E-state index is 9.48. The molecule has 4 nitrogen and oxygen atoms in total. The number of anilines is 1. The molecule has 2 rings (SSSR count). The molecule has 0 radical (unpaired) electrons. The zero-order chi connectivity index (χ0) is 13.0. The lowest BCUT2D eigenvalue weighted by Gasteiger charge is -2.32. The first-order chi connectivity index (χ1) is 8.68.